The summed E-state index contributed by atoms with van der Waals surface area (Å²) in [5.74, 6) is 0.790. The second-order valence-electron chi connectivity index (χ2n) is 4.10. The topological polar surface area (TPSA) is 47.3 Å². The minimum absolute atomic E-state index is 0.742. The lowest BCUT2D eigenvalue weighted by molar-refractivity contribution is 0.417. The van der Waals surface area contributed by atoms with Crippen molar-refractivity contribution in [3.8, 4) is 5.75 Å². The number of ether oxygens (including phenoxy) is 1. The van der Waals surface area contributed by atoms with Crippen LogP contribution in [0.4, 0.5) is 17.1 Å². The van der Waals surface area contributed by atoms with Gasteiger partial charge in [-0.25, -0.2) is 0 Å². The summed E-state index contributed by atoms with van der Waals surface area (Å²) >= 11 is 3.45. The van der Waals surface area contributed by atoms with Crippen LogP contribution in [0.25, 0.3) is 0 Å². The van der Waals surface area contributed by atoms with Crippen molar-refractivity contribution in [2.24, 2.45) is 0 Å². The molecule has 0 amide bonds. The molecular formula is C14H15BrN2O. The first-order chi connectivity index (χ1) is 8.58. The molecule has 0 bridgehead atoms. The zero-order chi connectivity index (χ0) is 13.1. The molecule has 0 radical (unpaired) electrons. The van der Waals surface area contributed by atoms with Gasteiger partial charge in [0, 0.05) is 15.8 Å². The molecule has 0 spiro atoms. The molecule has 0 aliphatic heterocycles. The molecule has 0 saturated carbocycles. The number of halogens is 1. The van der Waals surface area contributed by atoms with Crippen LogP contribution in [0.3, 0.4) is 0 Å². The van der Waals surface area contributed by atoms with E-state index in [9.17, 15) is 0 Å². The summed E-state index contributed by atoms with van der Waals surface area (Å²) in [5, 5.41) is 3.31. The monoisotopic (exact) mass is 306 g/mol. The van der Waals surface area contributed by atoms with Crippen molar-refractivity contribution in [3.63, 3.8) is 0 Å². The zero-order valence-corrected chi connectivity index (χ0v) is 11.9. The smallest absolute Gasteiger partial charge is 0.142 e. The Labute approximate surface area is 115 Å². The van der Waals surface area contributed by atoms with E-state index in [0.29, 0.717) is 0 Å². The third-order valence-electron chi connectivity index (χ3n) is 2.54. The van der Waals surface area contributed by atoms with Crippen molar-refractivity contribution in [3.05, 3.63) is 46.4 Å². The van der Waals surface area contributed by atoms with Crippen LogP contribution < -0.4 is 15.8 Å². The normalized spacial score (nSPS) is 10.2. The minimum Gasteiger partial charge on any atom is -0.495 e. The molecule has 2 rings (SSSR count). The number of rotatable bonds is 3. The number of anilines is 3. The number of aryl methyl sites for hydroxylation is 1. The Morgan fingerprint density at radius 2 is 1.94 bits per heavy atom. The number of benzene rings is 2. The quantitative estimate of drug-likeness (QED) is 0.840. The first-order valence-electron chi connectivity index (χ1n) is 5.56. The van der Waals surface area contributed by atoms with E-state index in [-0.39, 0.29) is 0 Å². The van der Waals surface area contributed by atoms with Crippen LogP contribution in [-0.2, 0) is 0 Å². The van der Waals surface area contributed by atoms with Crippen LogP contribution in [0.5, 0.6) is 5.75 Å². The van der Waals surface area contributed by atoms with Crippen LogP contribution >= 0.6 is 15.9 Å². The van der Waals surface area contributed by atoms with Gasteiger partial charge in [0.05, 0.1) is 12.8 Å². The molecule has 0 saturated heterocycles. The second-order valence-corrected chi connectivity index (χ2v) is 5.02. The van der Waals surface area contributed by atoms with Gasteiger partial charge in [-0.2, -0.15) is 0 Å². The predicted octanol–water partition coefficient (Wildman–Crippen LogP) is 4.09. The maximum Gasteiger partial charge on any atom is 0.142 e. The fraction of sp³-hybridized carbons (Fsp3) is 0.143. The Morgan fingerprint density at radius 3 is 2.61 bits per heavy atom. The summed E-state index contributed by atoms with van der Waals surface area (Å²) in [6.07, 6.45) is 0. The zero-order valence-electron chi connectivity index (χ0n) is 10.3. The summed E-state index contributed by atoms with van der Waals surface area (Å²) in [6.45, 7) is 2.01. The Kier molecular flexibility index (Phi) is 3.77. The van der Waals surface area contributed by atoms with E-state index in [2.05, 4.69) is 21.2 Å². The van der Waals surface area contributed by atoms with Gasteiger partial charge in [-0.1, -0.05) is 15.9 Å². The Bertz CT molecular complexity index is 549. The molecule has 2 aromatic carbocycles. The highest BCUT2D eigenvalue weighted by Crippen LogP contribution is 2.31. The summed E-state index contributed by atoms with van der Waals surface area (Å²) < 4.78 is 6.31. The maximum absolute atomic E-state index is 5.83. The Balaban J connectivity index is 2.35. The first-order valence-corrected chi connectivity index (χ1v) is 6.35. The molecule has 0 aliphatic carbocycles. The first kappa shape index (κ1) is 12.8. The van der Waals surface area contributed by atoms with Crippen LogP contribution in [0.2, 0.25) is 0 Å². The highest BCUT2D eigenvalue weighted by atomic mass is 79.9. The number of nitrogens with one attached hydrogen (secondary N) is 1. The Morgan fingerprint density at radius 1 is 1.17 bits per heavy atom. The van der Waals surface area contributed by atoms with Crippen molar-refractivity contribution in [1.29, 1.82) is 0 Å². The van der Waals surface area contributed by atoms with Crippen molar-refractivity contribution >= 4 is 33.0 Å². The molecule has 0 atom stereocenters. The van der Waals surface area contributed by atoms with Crippen LogP contribution in [0.15, 0.2) is 40.9 Å². The molecule has 2 aromatic rings. The minimum atomic E-state index is 0.742. The van der Waals surface area contributed by atoms with Crippen molar-refractivity contribution in [2.75, 3.05) is 18.2 Å². The SMILES string of the molecule is COc1ccc(Br)cc1Nc1cc(C)cc(N)c1. The number of methoxy groups -OCH3 is 1. The molecule has 3 N–H and O–H groups in total. The fourth-order valence-electron chi connectivity index (χ4n) is 1.82. The van der Waals surface area contributed by atoms with Gasteiger partial charge < -0.3 is 15.8 Å². The highest BCUT2D eigenvalue weighted by molar-refractivity contribution is 9.10. The van der Waals surface area contributed by atoms with Crippen molar-refractivity contribution < 1.29 is 4.74 Å². The fourth-order valence-corrected chi connectivity index (χ4v) is 2.18. The van der Waals surface area contributed by atoms with Crippen molar-refractivity contribution in [2.45, 2.75) is 6.92 Å². The third-order valence-corrected chi connectivity index (χ3v) is 3.03. The Hall–Kier alpha value is -1.68. The third kappa shape index (κ3) is 2.96. The average molecular weight is 307 g/mol. The lowest BCUT2D eigenvalue weighted by Crippen LogP contribution is -1.96. The number of hydrogen-bond donors (Lipinski definition) is 2. The molecule has 0 heterocycles. The lowest BCUT2D eigenvalue weighted by Gasteiger charge is -2.12. The number of nitrogens with two attached hydrogens (primary N) is 1. The molecule has 0 aliphatic rings. The lowest BCUT2D eigenvalue weighted by atomic mass is 10.2. The van der Waals surface area contributed by atoms with Gasteiger partial charge in [-0.15, -0.1) is 0 Å². The molecule has 0 fully saturated rings. The van der Waals surface area contributed by atoms with Crippen LogP contribution in [0.1, 0.15) is 5.56 Å². The van der Waals surface area contributed by atoms with Crippen LogP contribution in [-0.4, -0.2) is 7.11 Å². The summed E-state index contributed by atoms with van der Waals surface area (Å²) in [5.41, 5.74) is 9.54. The van der Waals surface area contributed by atoms with E-state index >= 15 is 0 Å². The van der Waals surface area contributed by atoms with Gasteiger partial charge in [0.2, 0.25) is 0 Å². The van der Waals surface area contributed by atoms with Gasteiger partial charge in [-0.3, -0.25) is 0 Å². The van der Waals surface area contributed by atoms with Gasteiger partial charge in [0.15, 0.2) is 0 Å². The standard InChI is InChI=1S/C14H15BrN2O/c1-9-5-11(16)8-12(6-9)17-13-7-10(15)3-4-14(13)18-2/h3-8,17H,16H2,1-2H3. The summed E-state index contributed by atoms with van der Waals surface area (Å²) in [4.78, 5) is 0. The predicted molar refractivity (Wildman–Crippen MR) is 79.6 cm³/mol. The van der Waals surface area contributed by atoms with Gasteiger partial charge >= 0.3 is 0 Å². The molecule has 94 valence electrons. The van der Waals surface area contributed by atoms with Gasteiger partial charge in [0.1, 0.15) is 5.75 Å². The number of hydrogen-bond acceptors (Lipinski definition) is 3. The molecule has 0 aromatic heterocycles. The van der Waals surface area contributed by atoms with E-state index in [1.54, 1.807) is 7.11 Å². The highest BCUT2D eigenvalue weighted by Gasteiger charge is 2.04. The van der Waals surface area contributed by atoms with E-state index < -0.39 is 0 Å². The molecule has 4 heteroatoms. The van der Waals surface area contributed by atoms with E-state index in [1.807, 2.05) is 43.3 Å². The summed E-state index contributed by atoms with van der Waals surface area (Å²) in [6, 6.07) is 11.7. The van der Waals surface area contributed by atoms with Crippen molar-refractivity contribution in [1.82, 2.24) is 0 Å². The largest absolute Gasteiger partial charge is 0.495 e. The second kappa shape index (κ2) is 5.31. The maximum atomic E-state index is 5.83. The molecular weight excluding hydrogens is 292 g/mol. The van der Waals surface area contributed by atoms with Gasteiger partial charge in [0.25, 0.3) is 0 Å². The van der Waals surface area contributed by atoms with Crippen LogP contribution in [0, 0.1) is 6.92 Å². The van der Waals surface area contributed by atoms with E-state index in [4.69, 9.17) is 10.5 Å². The van der Waals surface area contributed by atoms with E-state index in [1.165, 1.54) is 0 Å². The summed E-state index contributed by atoms with van der Waals surface area (Å²) in [7, 11) is 1.65. The van der Waals surface area contributed by atoms with E-state index in [0.717, 1.165) is 32.8 Å². The van der Waals surface area contributed by atoms with Gasteiger partial charge in [-0.05, 0) is 48.9 Å². The average Bonchev–Trinajstić information content (AvgIpc) is 2.27. The number of nitrogen functional groups attached to an aromatic ring is 1. The molecule has 18 heavy (non-hydrogen) atoms. The molecule has 3 nitrogen and oxygen atoms in total. The molecule has 0 unspecified atom stereocenters.